The highest BCUT2D eigenvalue weighted by Crippen LogP contribution is 2.36. The smallest absolute Gasteiger partial charge is 0.308 e. The summed E-state index contributed by atoms with van der Waals surface area (Å²) in [6, 6.07) is -0.396. The molecule has 0 spiro atoms. The molecular formula is C26H49N5O6S2. The van der Waals surface area contributed by atoms with Crippen molar-refractivity contribution in [2.75, 3.05) is 45.6 Å². The van der Waals surface area contributed by atoms with Gasteiger partial charge >= 0.3 is 5.97 Å². The van der Waals surface area contributed by atoms with Gasteiger partial charge < -0.3 is 30.9 Å². The number of carbonyl (C=O) groups excluding carboxylic acids is 5. The number of hydrogen-bond acceptors (Lipinski definition) is 9. The molecule has 39 heavy (non-hydrogen) atoms. The van der Waals surface area contributed by atoms with Crippen LogP contribution in [0.25, 0.3) is 0 Å². The van der Waals surface area contributed by atoms with Crippen molar-refractivity contribution in [3.05, 3.63) is 0 Å². The van der Waals surface area contributed by atoms with Crippen LogP contribution in [0.15, 0.2) is 0 Å². The number of rotatable bonds is 20. The third-order valence-electron chi connectivity index (χ3n) is 5.16. The van der Waals surface area contributed by atoms with Crippen LogP contribution in [0.3, 0.4) is 0 Å². The molecule has 0 radical (unpaired) electrons. The van der Waals surface area contributed by atoms with E-state index in [0.29, 0.717) is 38.6 Å². The average Bonchev–Trinajstić information content (AvgIpc) is 2.84. The predicted molar refractivity (Wildman–Crippen MR) is 158 cm³/mol. The fourth-order valence-electron chi connectivity index (χ4n) is 2.87. The lowest BCUT2D eigenvalue weighted by Crippen LogP contribution is -2.49. The zero-order valence-corrected chi connectivity index (χ0v) is 26.4. The van der Waals surface area contributed by atoms with Gasteiger partial charge in [0.05, 0.1) is 17.2 Å². The third kappa shape index (κ3) is 19.7. The van der Waals surface area contributed by atoms with E-state index in [1.807, 2.05) is 27.7 Å². The topological polar surface area (TPSA) is 146 Å². The van der Waals surface area contributed by atoms with Crippen LogP contribution < -0.4 is 21.3 Å². The maximum absolute atomic E-state index is 12.3. The molecular weight excluding hydrogens is 542 g/mol. The summed E-state index contributed by atoms with van der Waals surface area (Å²) in [5.74, 6) is -0.743. The van der Waals surface area contributed by atoms with E-state index in [2.05, 4.69) is 21.3 Å². The lowest BCUT2D eigenvalue weighted by molar-refractivity contribution is -0.148. The largest absolute Gasteiger partial charge is 0.464 e. The Hall–Kier alpha value is -1.99. The number of esters is 1. The Morgan fingerprint density at radius 3 is 2.18 bits per heavy atom. The Bertz CT molecular complexity index is 795. The third-order valence-corrected chi connectivity index (χ3v) is 8.51. The Morgan fingerprint density at radius 1 is 0.897 bits per heavy atom. The van der Waals surface area contributed by atoms with Crippen LogP contribution in [-0.2, 0) is 28.7 Å². The van der Waals surface area contributed by atoms with E-state index in [9.17, 15) is 24.0 Å². The van der Waals surface area contributed by atoms with Crippen molar-refractivity contribution in [1.82, 2.24) is 26.2 Å². The van der Waals surface area contributed by atoms with Crippen molar-refractivity contribution in [3.8, 4) is 0 Å². The van der Waals surface area contributed by atoms with Crippen molar-refractivity contribution >= 4 is 51.2 Å². The lowest BCUT2D eigenvalue weighted by Gasteiger charge is -2.23. The van der Waals surface area contributed by atoms with Gasteiger partial charge in [0, 0.05) is 51.3 Å². The van der Waals surface area contributed by atoms with Gasteiger partial charge in [0.15, 0.2) is 0 Å². The van der Waals surface area contributed by atoms with E-state index in [-0.39, 0.29) is 53.9 Å². The van der Waals surface area contributed by atoms with E-state index in [1.165, 1.54) is 11.9 Å². The second kappa shape index (κ2) is 20.0. The van der Waals surface area contributed by atoms with E-state index < -0.39 is 11.9 Å². The molecule has 0 saturated heterocycles. The molecule has 1 atom stereocenters. The molecule has 0 bridgehead atoms. The molecule has 0 aliphatic carbocycles. The summed E-state index contributed by atoms with van der Waals surface area (Å²) >= 11 is 0. The number of ether oxygens (including phenoxy) is 1. The summed E-state index contributed by atoms with van der Waals surface area (Å²) in [4.78, 5) is 61.6. The first kappa shape index (κ1) is 37.0. The molecule has 0 saturated carbocycles. The van der Waals surface area contributed by atoms with Gasteiger partial charge in [-0.3, -0.25) is 24.0 Å². The molecule has 4 N–H and O–H groups in total. The highest BCUT2D eigenvalue weighted by atomic mass is 33.1. The van der Waals surface area contributed by atoms with Crippen molar-refractivity contribution in [1.29, 1.82) is 0 Å². The zero-order valence-electron chi connectivity index (χ0n) is 24.8. The summed E-state index contributed by atoms with van der Waals surface area (Å²) in [5.41, 5.74) is 0. The van der Waals surface area contributed by atoms with Gasteiger partial charge in [0.25, 0.3) is 0 Å². The number of likely N-dealkylation sites (N-methyl/N-ethyl adjacent to an activating group) is 1. The molecule has 0 aromatic rings. The number of nitrogens with one attached hydrogen (secondary N) is 4. The first-order chi connectivity index (χ1) is 18.1. The molecule has 0 aliphatic heterocycles. The fraction of sp³-hybridized carbons (Fsp3) is 0.808. The summed E-state index contributed by atoms with van der Waals surface area (Å²) in [6.45, 7) is 14.6. The molecule has 0 rings (SSSR count). The van der Waals surface area contributed by atoms with Crippen molar-refractivity contribution in [2.45, 2.75) is 84.6 Å². The molecule has 226 valence electrons. The maximum Gasteiger partial charge on any atom is 0.308 e. The van der Waals surface area contributed by atoms with Crippen LogP contribution in [0.5, 0.6) is 0 Å². The second-order valence-electron chi connectivity index (χ2n) is 10.6. The minimum atomic E-state index is -0.718. The molecule has 0 aromatic carbocycles. The van der Waals surface area contributed by atoms with Gasteiger partial charge in [-0.05, 0) is 27.2 Å². The molecule has 11 nitrogen and oxygen atoms in total. The molecule has 0 fully saturated rings. The van der Waals surface area contributed by atoms with Gasteiger partial charge in [-0.15, -0.1) is 0 Å². The molecule has 0 heterocycles. The van der Waals surface area contributed by atoms with Gasteiger partial charge in [-0.25, -0.2) is 0 Å². The fourth-order valence-corrected chi connectivity index (χ4v) is 5.35. The normalized spacial score (nSPS) is 12.2. The Kier molecular flexibility index (Phi) is 19.0. The molecule has 13 heteroatoms. The quantitative estimate of drug-likeness (QED) is 0.0944. The van der Waals surface area contributed by atoms with Crippen molar-refractivity contribution in [3.63, 3.8) is 0 Å². The Labute approximate surface area is 241 Å². The number of hydrogen-bond donors (Lipinski definition) is 4. The highest BCUT2D eigenvalue weighted by Gasteiger charge is 2.22. The van der Waals surface area contributed by atoms with E-state index in [0.717, 1.165) is 5.75 Å². The van der Waals surface area contributed by atoms with Crippen molar-refractivity contribution < 1.29 is 28.7 Å². The summed E-state index contributed by atoms with van der Waals surface area (Å²) in [7, 11) is 4.76. The second-order valence-corrected chi connectivity index (χ2v) is 13.7. The summed E-state index contributed by atoms with van der Waals surface area (Å²) in [6.07, 6.45) is 1.10. The first-order valence-corrected chi connectivity index (χ1v) is 15.7. The monoisotopic (exact) mass is 591 g/mol. The lowest BCUT2D eigenvalue weighted by atomic mass is 10.2. The molecule has 4 amide bonds. The van der Waals surface area contributed by atoms with Crippen LogP contribution in [0.2, 0.25) is 0 Å². The van der Waals surface area contributed by atoms with Crippen LogP contribution in [0, 0.1) is 5.92 Å². The highest BCUT2D eigenvalue weighted by molar-refractivity contribution is 8.77. The van der Waals surface area contributed by atoms with E-state index in [4.69, 9.17) is 4.74 Å². The molecule has 0 unspecified atom stereocenters. The molecule has 0 aliphatic rings. The minimum absolute atomic E-state index is 0.0717. The molecule has 0 aromatic heterocycles. The predicted octanol–water partition coefficient (Wildman–Crippen LogP) is 1.71. The van der Waals surface area contributed by atoms with Crippen LogP contribution in [0.4, 0.5) is 0 Å². The minimum Gasteiger partial charge on any atom is -0.464 e. The number of amides is 4. The number of carbonyl (C=O) groups is 5. The van der Waals surface area contributed by atoms with Crippen LogP contribution >= 0.6 is 21.6 Å². The first-order valence-electron chi connectivity index (χ1n) is 13.4. The average molecular weight is 592 g/mol. The van der Waals surface area contributed by atoms with Gasteiger partial charge in [0.2, 0.25) is 23.6 Å². The van der Waals surface area contributed by atoms with E-state index >= 15 is 0 Å². The van der Waals surface area contributed by atoms with E-state index in [1.54, 1.807) is 42.4 Å². The Balaban J connectivity index is 4.04. The van der Waals surface area contributed by atoms with Crippen molar-refractivity contribution in [2.24, 2.45) is 5.92 Å². The van der Waals surface area contributed by atoms with Gasteiger partial charge in [-0.1, -0.05) is 49.3 Å². The number of nitrogens with zero attached hydrogens (tertiary/aromatic N) is 1. The van der Waals surface area contributed by atoms with Crippen LogP contribution in [0.1, 0.15) is 67.7 Å². The van der Waals surface area contributed by atoms with Crippen LogP contribution in [-0.4, -0.2) is 96.9 Å². The standard InChI is InChI=1S/C26H49N5O6S2/c1-18(2)25(36)37-17-26(6,7)39-38-15-9-10-21(32)28-12-11-23(34)31(8)16-22(33)30-20(5)24(35)29-14-13-27-19(3)4/h18-20,27H,9-17H2,1-8H3,(H,28,32)(H,29,35)(H,30,33)/t20-/m0/s1. The SMILES string of the molecule is CC(C)NCCNC(=O)[C@H](C)NC(=O)CN(C)C(=O)CCNC(=O)CCCSSC(C)(C)COC(=O)C(C)C. The zero-order chi connectivity index (χ0) is 30.0. The van der Waals surface area contributed by atoms with Gasteiger partial charge in [-0.2, -0.15) is 0 Å². The summed E-state index contributed by atoms with van der Waals surface area (Å²) in [5, 5.41) is 11.2. The Morgan fingerprint density at radius 2 is 1.56 bits per heavy atom. The maximum atomic E-state index is 12.3. The summed E-state index contributed by atoms with van der Waals surface area (Å²) < 4.78 is 5.08. The van der Waals surface area contributed by atoms with Gasteiger partial charge in [0.1, 0.15) is 12.6 Å².